The van der Waals surface area contributed by atoms with Crippen LogP contribution < -0.4 is 0 Å². The second-order valence-corrected chi connectivity index (χ2v) is 8.54. The maximum Gasteiger partial charge on any atom is 0.573 e. The Kier molecular flexibility index (Phi) is 8.78. The van der Waals surface area contributed by atoms with Gasteiger partial charge in [-0.25, -0.2) is 4.79 Å². The van der Waals surface area contributed by atoms with E-state index in [2.05, 4.69) is 16.3 Å². The summed E-state index contributed by atoms with van der Waals surface area (Å²) in [7, 11) is 0. The zero-order valence-electron chi connectivity index (χ0n) is 19.6. The Bertz CT molecular complexity index is 764. The summed E-state index contributed by atoms with van der Waals surface area (Å²) in [6, 6.07) is -0.379. The zero-order chi connectivity index (χ0) is 24.1. The van der Waals surface area contributed by atoms with Gasteiger partial charge in [-0.05, 0) is 61.5 Å². The molecule has 9 heteroatoms. The van der Waals surface area contributed by atoms with Gasteiger partial charge < -0.3 is 19.3 Å². The third-order valence-electron chi connectivity index (χ3n) is 4.79. The number of nitrogens with zero attached hydrogens (tertiary/aromatic N) is 3. The Morgan fingerprint density at radius 2 is 1.58 bits per heavy atom. The SMILES string of the molecule is C=C\N=C(C)/C(=C(\C)N1CC(C)N(C(=O)OC(C)(C)C)C[C@@H]1C)C(=C\C)/OC(F)(F)F. The molecule has 0 aromatic heterocycles. The molecule has 0 aliphatic carbocycles. The van der Waals surface area contributed by atoms with Crippen LogP contribution in [-0.4, -0.2) is 58.7 Å². The molecule has 0 N–H and O–H groups in total. The summed E-state index contributed by atoms with van der Waals surface area (Å²) in [5, 5.41) is 0. The summed E-state index contributed by atoms with van der Waals surface area (Å²) in [5.41, 5.74) is 0.543. The molecule has 1 heterocycles. The summed E-state index contributed by atoms with van der Waals surface area (Å²) in [4.78, 5) is 20.3. The summed E-state index contributed by atoms with van der Waals surface area (Å²) in [5.74, 6) is -0.331. The van der Waals surface area contributed by atoms with Crippen LogP contribution in [0, 0.1) is 0 Å². The van der Waals surface area contributed by atoms with E-state index >= 15 is 0 Å². The maximum absolute atomic E-state index is 13.0. The molecular weight excluding hydrogens is 411 g/mol. The highest BCUT2D eigenvalue weighted by molar-refractivity contribution is 6.02. The highest BCUT2D eigenvalue weighted by atomic mass is 19.4. The molecule has 1 rings (SSSR count). The molecular formula is C22H34F3N3O3. The number of rotatable bonds is 5. The van der Waals surface area contributed by atoms with Crippen molar-refractivity contribution in [1.82, 2.24) is 9.80 Å². The van der Waals surface area contributed by atoms with Crippen molar-refractivity contribution in [1.29, 1.82) is 0 Å². The fourth-order valence-corrected chi connectivity index (χ4v) is 3.51. The largest absolute Gasteiger partial charge is 0.573 e. The molecule has 1 unspecified atom stereocenters. The molecule has 0 saturated carbocycles. The second kappa shape index (κ2) is 10.2. The van der Waals surface area contributed by atoms with Crippen LogP contribution in [0.2, 0.25) is 0 Å². The highest BCUT2D eigenvalue weighted by Crippen LogP contribution is 2.31. The van der Waals surface area contributed by atoms with Crippen molar-refractivity contribution in [2.45, 2.75) is 79.4 Å². The number of alkyl halides is 3. The van der Waals surface area contributed by atoms with Crippen molar-refractivity contribution >= 4 is 11.8 Å². The van der Waals surface area contributed by atoms with Gasteiger partial charge >= 0.3 is 12.5 Å². The van der Waals surface area contributed by atoms with Crippen LogP contribution >= 0.6 is 0 Å². The molecule has 1 saturated heterocycles. The Morgan fingerprint density at radius 3 is 2.03 bits per heavy atom. The van der Waals surface area contributed by atoms with Crippen LogP contribution in [-0.2, 0) is 9.47 Å². The summed E-state index contributed by atoms with van der Waals surface area (Å²) < 4.78 is 48.8. The van der Waals surface area contributed by atoms with Crippen LogP contribution in [0.3, 0.4) is 0 Å². The molecule has 1 aliphatic heterocycles. The summed E-state index contributed by atoms with van der Waals surface area (Å²) in [6.45, 7) is 18.3. The van der Waals surface area contributed by atoms with Crippen LogP contribution in [0.5, 0.6) is 0 Å². The zero-order valence-corrected chi connectivity index (χ0v) is 19.6. The van der Waals surface area contributed by atoms with Crippen LogP contribution in [0.25, 0.3) is 0 Å². The standard InChI is InChI=1S/C22H34F3N3O3/c1-10-18(30-22(23,24)25)19(16(5)26-11-2)17(6)27-12-15(4)28(13-14(27)3)20(29)31-21(7,8)9/h10-11,14-15H,2,12-13H2,1,3-9H3/b18-10+,19-17-,26-16-/t14-,15?/m0/s1. The molecule has 0 aromatic carbocycles. The van der Waals surface area contributed by atoms with Gasteiger partial charge in [-0.3, -0.25) is 4.99 Å². The van der Waals surface area contributed by atoms with E-state index < -0.39 is 18.1 Å². The Balaban J connectivity index is 3.33. The van der Waals surface area contributed by atoms with Crippen LogP contribution in [0.1, 0.15) is 55.4 Å². The predicted molar refractivity (Wildman–Crippen MR) is 115 cm³/mol. The van der Waals surface area contributed by atoms with Gasteiger partial charge in [-0.1, -0.05) is 6.58 Å². The lowest BCUT2D eigenvalue weighted by Gasteiger charge is -2.46. The van der Waals surface area contributed by atoms with E-state index in [0.717, 1.165) is 0 Å². The molecule has 0 spiro atoms. The number of hydrogen-bond acceptors (Lipinski definition) is 5. The van der Waals surface area contributed by atoms with E-state index in [0.29, 0.717) is 24.5 Å². The van der Waals surface area contributed by atoms with E-state index in [4.69, 9.17) is 4.74 Å². The Labute approximate surface area is 183 Å². The van der Waals surface area contributed by atoms with Gasteiger partial charge in [0, 0.05) is 42.8 Å². The third kappa shape index (κ3) is 7.63. The molecule has 2 atom stereocenters. The average molecular weight is 446 g/mol. The van der Waals surface area contributed by atoms with Crippen molar-refractivity contribution in [2.24, 2.45) is 4.99 Å². The molecule has 1 aliphatic rings. The second-order valence-electron chi connectivity index (χ2n) is 8.54. The van der Waals surface area contributed by atoms with Crippen molar-refractivity contribution < 1.29 is 27.4 Å². The van der Waals surface area contributed by atoms with Crippen molar-refractivity contribution in [3.63, 3.8) is 0 Å². The topological polar surface area (TPSA) is 54.4 Å². The van der Waals surface area contributed by atoms with E-state index in [1.807, 2.05) is 18.7 Å². The lowest BCUT2D eigenvalue weighted by atomic mass is 10.0. The molecule has 1 amide bonds. The predicted octanol–water partition coefficient (Wildman–Crippen LogP) is 5.63. The minimum absolute atomic E-state index is 0.167. The van der Waals surface area contributed by atoms with E-state index in [9.17, 15) is 18.0 Å². The third-order valence-corrected chi connectivity index (χ3v) is 4.79. The molecule has 6 nitrogen and oxygen atoms in total. The number of carbonyl (C=O) groups excluding carboxylic acids is 1. The Morgan fingerprint density at radius 1 is 1.06 bits per heavy atom. The normalized spacial score (nSPS) is 22.2. The number of aliphatic imine (C=N–C) groups is 1. The molecule has 0 aromatic rings. The number of piperazine rings is 1. The fourth-order valence-electron chi connectivity index (χ4n) is 3.51. The molecule has 176 valence electrons. The van der Waals surface area contributed by atoms with Crippen molar-refractivity contribution in [3.05, 3.63) is 35.9 Å². The van der Waals surface area contributed by atoms with E-state index in [1.54, 1.807) is 39.5 Å². The number of halogens is 3. The Hall–Kier alpha value is -2.45. The first-order chi connectivity index (χ1) is 14.1. The first-order valence-electron chi connectivity index (χ1n) is 10.2. The van der Waals surface area contributed by atoms with E-state index in [1.165, 1.54) is 19.2 Å². The minimum atomic E-state index is -4.84. The smallest absolute Gasteiger partial charge is 0.444 e. The minimum Gasteiger partial charge on any atom is -0.444 e. The van der Waals surface area contributed by atoms with Gasteiger partial charge in [0.05, 0.1) is 5.57 Å². The van der Waals surface area contributed by atoms with Crippen molar-refractivity contribution in [3.8, 4) is 0 Å². The number of carbonyl (C=O) groups is 1. The lowest BCUT2D eigenvalue weighted by Crippen LogP contribution is -2.58. The van der Waals surface area contributed by atoms with Gasteiger partial charge in [0.1, 0.15) is 11.4 Å². The first-order valence-corrected chi connectivity index (χ1v) is 10.2. The van der Waals surface area contributed by atoms with Crippen molar-refractivity contribution in [2.75, 3.05) is 13.1 Å². The van der Waals surface area contributed by atoms with Gasteiger partial charge in [0.25, 0.3) is 0 Å². The monoisotopic (exact) mass is 445 g/mol. The van der Waals surface area contributed by atoms with Crippen LogP contribution in [0.4, 0.5) is 18.0 Å². The lowest BCUT2D eigenvalue weighted by molar-refractivity contribution is -0.303. The average Bonchev–Trinajstić information content (AvgIpc) is 2.60. The fraction of sp³-hybridized carbons (Fsp3) is 0.636. The first kappa shape index (κ1) is 26.6. The maximum atomic E-state index is 13.0. The number of ether oxygens (including phenoxy) is 2. The molecule has 31 heavy (non-hydrogen) atoms. The molecule has 0 radical (unpaired) electrons. The van der Waals surface area contributed by atoms with Crippen LogP contribution in [0.15, 0.2) is 40.9 Å². The highest BCUT2D eigenvalue weighted by Gasteiger charge is 2.37. The van der Waals surface area contributed by atoms with Gasteiger partial charge in [-0.2, -0.15) is 0 Å². The number of hydrogen-bond donors (Lipinski definition) is 0. The van der Waals surface area contributed by atoms with Gasteiger partial charge in [0.2, 0.25) is 0 Å². The van der Waals surface area contributed by atoms with Gasteiger partial charge in [0.15, 0.2) is 0 Å². The molecule has 0 bridgehead atoms. The summed E-state index contributed by atoms with van der Waals surface area (Å²) in [6.07, 6.45) is -2.71. The summed E-state index contributed by atoms with van der Waals surface area (Å²) >= 11 is 0. The van der Waals surface area contributed by atoms with E-state index in [-0.39, 0.29) is 23.4 Å². The van der Waals surface area contributed by atoms with Gasteiger partial charge in [-0.15, -0.1) is 13.2 Å². The molecule has 1 fully saturated rings. The quantitative estimate of drug-likeness (QED) is 0.312. The number of amides is 1. The number of allylic oxidation sites excluding steroid dienone is 3.